The highest BCUT2D eigenvalue weighted by molar-refractivity contribution is 5.97. The second kappa shape index (κ2) is 11.3. The van der Waals surface area contributed by atoms with Crippen molar-refractivity contribution in [3.8, 4) is 17.6 Å². The minimum atomic E-state index is -0.928. The number of benzene rings is 2. The predicted octanol–water partition coefficient (Wildman–Crippen LogP) is 4.47. The molecule has 40 heavy (non-hydrogen) atoms. The Labute approximate surface area is 229 Å². The molecule has 1 unspecified atom stereocenters. The molecule has 4 rings (SSSR count). The zero-order chi connectivity index (χ0) is 29.2. The first-order valence-corrected chi connectivity index (χ1v) is 12.7. The fourth-order valence-electron chi connectivity index (χ4n) is 4.97. The number of aromatic nitrogens is 2. The van der Waals surface area contributed by atoms with Gasteiger partial charge in [0.1, 0.15) is 17.4 Å². The molecule has 1 aromatic heterocycles. The Hall–Kier alpha value is -4.59. The van der Waals surface area contributed by atoms with Gasteiger partial charge in [0.05, 0.1) is 35.8 Å². The highest BCUT2D eigenvalue weighted by Crippen LogP contribution is 2.43. The third-order valence-electron chi connectivity index (χ3n) is 7.02. The van der Waals surface area contributed by atoms with Crippen LogP contribution in [0, 0.1) is 42.2 Å². The first kappa shape index (κ1) is 28.4. The lowest BCUT2D eigenvalue weighted by molar-refractivity contribution is -0.134. The number of carbonyl (C=O) groups excluding carboxylic acids is 2. The van der Waals surface area contributed by atoms with Crippen molar-refractivity contribution >= 4 is 11.8 Å². The molecule has 1 aliphatic heterocycles. The van der Waals surface area contributed by atoms with E-state index in [1.54, 1.807) is 39.8 Å². The van der Waals surface area contributed by atoms with Gasteiger partial charge in [-0.15, -0.1) is 0 Å². The summed E-state index contributed by atoms with van der Waals surface area (Å²) >= 11 is 0. The summed E-state index contributed by atoms with van der Waals surface area (Å²) in [5, 5.41) is 18.5. The molecule has 2 atom stereocenters. The van der Waals surface area contributed by atoms with E-state index in [0.717, 1.165) is 6.07 Å². The standard InChI is InChI=1S/C29H29F2N5O4/c1-16-9-18(5-7-23(16)40-24-10-17(2)34-35-28(24)39)27(38)33-14-26(37)36-22(6-8-25(36)29(3,4)15-32)19-11-20(30)13-21(31)12-19/h5,7,9-13,22,25H,6,8,14H2,1-4H3,(H,33,38)(H,35,39)/t22?,25-/m1/s1. The van der Waals surface area contributed by atoms with Gasteiger partial charge in [-0.3, -0.25) is 14.4 Å². The van der Waals surface area contributed by atoms with Gasteiger partial charge < -0.3 is 15.0 Å². The molecule has 0 spiro atoms. The van der Waals surface area contributed by atoms with E-state index in [1.807, 2.05) is 0 Å². The number of likely N-dealkylation sites (tertiary alicyclic amines) is 1. The Balaban J connectivity index is 1.50. The number of nitrogens with one attached hydrogen (secondary N) is 2. The van der Waals surface area contributed by atoms with Crippen molar-refractivity contribution in [3.63, 3.8) is 0 Å². The summed E-state index contributed by atoms with van der Waals surface area (Å²) in [5.41, 5.74) is 0.277. The number of nitrogens with zero attached hydrogens (tertiary/aromatic N) is 3. The van der Waals surface area contributed by atoms with Crippen LogP contribution in [0.4, 0.5) is 8.78 Å². The molecular weight excluding hydrogens is 520 g/mol. The number of ether oxygens (including phenoxy) is 1. The number of H-pyrrole nitrogens is 1. The van der Waals surface area contributed by atoms with Gasteiger partial charge in [0, 0.05) is 17.7 Å². The van der Waals surface area contributed by atoms with Crippen molar-refractivity contribution in [1.82, 2.24) is 20.4 Å². The van der Waals surface area contributed by atoms with Gasteiger partial charge in [-0.2, -0.15) is 10.4 Å². The Morgan fingerprint density at radius 1 is 1.12 bits per heavy atom. The summed E-state index contributed by atoms with van der Waals surface area (Å²) in [6, 6.07) is 10.3. The number of amides is 2. The van der Waals surface area contributed by atoms with Crippen molar-refractivity contribution in [2.75, 3.05) is 6.54 Å². The summed E-state index contributed by atoms with van der Waals surface area (Å²) in [5.74, 6) is -2.09. The second-order valence-corrected chi connectivity index (χ2v) is 10.4. The molecule has 2 N–H and O–H groups in total. The first-order valence-electron chi connectivity index (χ1n) is 12.7. The molecule has 9 nitrogen and oxygen atoms in total. The Morgan fingerprint density at radius 3 is 2.48 bits per heavy atom. The van der Waals surface area contributed by atoms with Crippen LogP contribution in [-0.4, -0.2) is 39.5 Å². The van der Waals surface area contributed by atoms with Crippen LogP contribution in [-0.2, 0) is 4.79 Å². The van der Waals surface area contributed by atoms with Crippen molar-refractivity contribution in [3.05, 3.63) is 86.8 Å². The van der Waals surface area contributed by atoms with E-state index in [9.17, 15) is 28.4 Å². The van der Waals surface area contributed by atoms with E-state index >= 15 is 0 Å². The maximum absolute atomic E-state index is 14.0. The van der Waals surface area contributed by atoms with E-state index in [4.69, 9.17) is 4.74 Å². The number of hydrogen-bond donors (Lipinski definition) is 2. The minimum absolute atomic E-state index is 0.0617. The van der Waals surface area contributed by atoms with Crippen LogP contribution in [0.1, 0.15) is 59.9 Å². The lowest BCUT2D eigenvalue weighted by Gasteiger charge is -2.36. The lowest BCUT2D eigenvalue weighted by Crippen LogP contribution is -2.48. The maximum Gasteiger partial charge on any atom is 0.307 e. The Kier molecular flexibility index (Phi) is 8.00. The molecule has 2 aromatic carbocycles. The molecule has 0 radical (unpaired) electrons. The van der Waals surface area contributed by atoms with Crippen LogP contribution >= 0.6 is 0 Å². The topological polar surface area (TPSA) is 128 Å². The van der Waals surface area contributed by atoms with Crippen LogP contribution < -0.4 is 15.6 Å². The Bertz CT molecular complexity index is 1540. The van der Waals surface area contributed by atoms with Gasteiger partial charge in [-0.25, -0.2) is 13.9 Å². The molecule has 0 bridgehead atoms. The molecule has 0 aliphatic carbocycles. The van der Waals surface area contributed by atoms with E-state index in [0.29, 0.717) is 35.4 Å². The summed E-state index contributed by atoms with van der Waals surface area (Å²) < 4.78 is 33.7. The number of aryl methyl sites for hydroxylation is 2. The van der Waals surface area contributed by atoms with Crippen LogP contribution in [0.25, 0.3) is 0 Å². The fourth-order valence-corrected chi connectivity index (χ4v) is 4.97. The molecule has 2 heterocycles. The molecule has 1 aliphatic rings. The average Bonchev–Trinajstić information content (AvgIpc) is 3.36. The SMILES string of the molecule is Cc1cc(Oc2ccc(C(=O)NCC(=O)N3C(c4cc(F)cc(F)c4)CC[C@@H]3C(C)(C)C#N)cc2C)c(=O)[nH]n1. The molecule has 1 saturated heterocycles. The minimum Gasteiger partial charge on any atom is -0.451 e. The van der Waals surface area contributed by atoms with E-state index in [-0.39, 0.29) is 17.9 Å². The average molecular weight is 550 g/mol. The zero-order valence-corrected chi connectivity index (χ0v) is 22.5. The largest absolute Gasteiger partial charge is 0.451 e. The third kappa shape index (κ3) is 6.01. The number of hydrogen-bond acceptors (Lipinski definition) is 6. The van der Waals surface area contributed by atoms with Crippen molar-refractivity contribution < 1.29 is 23.1 Å². The highest BCUT2D eigenvalue weighted by Gasteiger charge is 2.45. The number of halogens is 2. The monoisotopic (exact) mass is 549 g/mol. The van der Waals surface area contributed by atoms with Gasteiger partial charge in [-0.1, -0.05) is 0 Å². The van der Waals surface area contributed by atoms with E-state index in [1.165, 1.54) is 29.2 Å². The Morgan fingerprint density at radius 2 is 1.82 bits per heavy atom. The van der Waals surface area contributed by atoms with E-state index < -0.39 is 46.5 Å². The molecule has 1 fully saturated rings. The molecular formula is C29H29F2N5O4. The van der Waals surface area contributed by atoms with Crippen molar-refractivity contribution in [1.29, 1.82) is 5.26 Å². The van der Waals surface area contributed by atoms with Gasteiger partial charge in [0.2, 0.25) is 5.91 Å². The van der Waals surface area contributed by atoms with Crippen LogP contribution in [0.3, 0.4) is 0 Å². The van der Waals surface area contributed by atoms with Gasteiger partial charge in [0.15, 0.2) is 5.75 Å². The number of nitriles is 1. The van der Waals surface area contributed by atoms with Crippen LogP contribution in [0.5, 0.6) is 11.5 Å². The van der Waals surface area contributed by atoms with Gasteiger partial charge >= 0.3 is 5.56 Å². The summed E-state index contributed by atoms with van der Waals surface area (Å²) in [6.07, 6.45) is 0.877. The van der Waals surface area contributed by atoms with Crippen LogP contribution in [0.15, 0.2) is 47.3 Å². The quantitative estimate of drug-likeness (QED) is 0.448. The number of aromatic amines is 1. The summed E-state index contributed by atoms with van der Waals surface area (Å²) in [6.45, 7) is 6.45. The van der Waals surface area contributed by atoms with Crippen molar-refractivity contribution in [2.24, 2.45) is 5.41 Å². The normalized spacial score (nSPS) is 16.9. The summed E-state index contributed by atoms with van der Waals surface area (Å²) in [4.78, 5) is 39.8. The predicted molar refractivity (Wildman–Crippen MR) is 142 cm³/mol. The lowest BCUT2D eigenvalue weighted by atomic mass is 9.84. The summed E-state index contributed by atoms with van der Waals surface area (Å²) in [7, 11) is 0. The maximum atomic E-state index is 14.0. The molecule has 208 valence electrons. The highest BCUT2D eigenvalue weighted by atomic mass is 19.1. The van der Waals surface area contributed by atoms with Gasteiger partial charge in [0.25, 0.3) is 5.91 Å². The fraction of sp³-hybridized carbons (Fsp3) is 0.345. The van der Waals surface area contributed by atoms with E-state index in [2.05, 4.69) is 21.6 Å². The molecule has 2 amide bonds. The van der Waals surface area contributed by atoms with Crippen molar-refractivity contribution in [2.45, 2.75) is 52.6 Å². The second-order valence-electron chi connectivity index (χ2n) is 10.4. The zero-order valence-electron chi connectivity index (χ0n) is 22.5. The molecule has 3 aromatic rings. The third-order valence-corrected chi connectivity index (χ3v) is 7.02. The first-order chi connectivity index (χ1) is 18.9. The molecule has 0 saturated carbocycles. The van der Waals surface area contributed by atoms with Gasteiger partial charge in [-0.05, 0) is 82.0 Å². The number of carbonyl (C=O) groups is 2. The molecule has 11 heteroatoms. The number of rotatable bonds is 7. The van der Waals surface area contributed by atoms with Crippen LogP contribution in [0.2, 0.25) is 0 Å². The smallest absolute Gasteiger partial charge is 0.307 e.